The summed E-state index contributed by atoms with van der Waals surface area (Å²) in [4.78, 5) is 12.2. The topological polar surface area (TPSA) is 47.2 Å². The van der Waals surface area contributed by atoms with E-state index in [1.807, 2.05) is 54.1 Å². The summed E-state index contributed by atoms with van der Waals surface area (Å²) in [6.07, 6.45) is 4.28. The summed E-state index contributed by atoms with van der Waals surface area (Å²) < 4.78 is 8.26. The Bertz CT molecular complexity index is 777. The third-order valence-electron chi connectivity index (χ3n) is 3.54. The Morgan fingerprint density at radius 2 is 2.23 bits per heavy atom. The first-order chi connectivity index (χ1) is 10.6. The summed E-state index contributed by atoms with van der Waals surface area (Å²) in [6, 6.07) is 11.9. The van der Waals surface area contributed by atoms with Crippen molar-refractivity contribution in [3.05, 3.63) is 59.1 Å². The molecule has 1 aromatic carbocycles. The molecule has 0 aliphatic rings. The van der Waals surface area contributed by atoms with Crippen LogP contribution in [0.4, 0.5) is 0 Å². The van der Waals surface area contributed by atoms with Crippen molar-refractivity contribution in [2.45, 2.75) is 25.9 Å². The van der Waals surface area contributed by atoms with Gasteiger partial charge in [-0.2, -0.15) is 0 Å². The van der Waals surface area contributed by atoms with E-state index in [-0.39, 0.29) is 11.9 Å². The predicted octanol–water partition coefficient (Wildman–Crippen LogP) is 3.74. The van der Waals surface area contributed by atoms with E-state index in [2.05, 4.69) is 21.2 Å². The zero-order valence-electron chi connectivity index (χ0n) is 12.3. The highest BCUT2D eigenvalue weighted by Gasteiger charge is 2.11. The van der Waals surface area contributed by atoms with Gasteiger partial charge in [0, 0.05) is 28.6 Å². The largest absolute Gasteiger partial charge is 0.469 e. The van der Waals surface area contributed by atoms with Gasteiger partial charge in [0.2, 0.25) is 5.91 Å². The molecule has 5 heteroatoms. The van der Waals surface area contributed by atoms with Crippen molar-refractivity contribution in [1.29, 1.82) is 0 Å². The monoisotopic (exact) mass is 360 g/mol. The van der Waals surface area contributed by atoms with Gasteiger partial charge in [0.25, 0.3) is 0 Å². The number of carbonyl (C=O) groups excluding carboxylic acids is 1. The van der Waals surface area contributed by atoms with Crippen LogP contribution in [-0.4, -0.2) is 16.5 Å². The molecular formula is C17H17BrN2O2. The molecule has 114 valence electrons. The number of nitrogens with zero attached hydrogens (tertiary/aromatic N) is 1. The van der Waals surface area contributed by atoms with Crippen LogP contribution in [0.15, 0.2) is 57.7 Å². The highest BCUT2D eigenvalue weighted by atomic mass is 79.9. The number of furan rings is 1. The zero-order valence-corrected chi connectivity index (χ0v) is 13.8. The molecule has 0 saturated heterocycles. The number of amides is 1. The number of hydrogen-bond acceptors (Lipinski definition) is 2. The summed E-state index contributed by atoms with van der Waals surface area (Å²) in [5.74, 6) is 0.875. The summed E-state index contributed by atoms with van der Waals surface area (Å²) in [7, 11) is 0. The molecule has 0 spiro atoms. The number of fused-ring (bicyclic) bond motifs is 1. The molecule has 0 radical (unpaired) electrons. The van der Waals surface area contributed by atoms with Crippen molar-refractivity contribution in [2.24, 2.45) is 0 Å². The quantitative estimate of drug-likeness (QED) is 0.753. The maximum atomic E-state index is 12.2. The van der Waals surface area contributed by atoms with Crippen molar-refractivity contribution in [1.82, 2.24) is 9.88 Å². The number of halogens is 1. The number of benzene rings is 1. The number of rotatable bonds is 5. The lowest BCUT2D eigenvalue weighted by Crippen LogP contribution is -2.36. The fraction of sp³-hybridized carbons (Fsp3) is 0.235. The molecule has 3 aromatic rings. The molecule has 0 saturated carbocycles. The first-order valence-electron chi connectivity index (χ1n) is 7.18. The maximum Gasteiger partial charge on any atom is 0.240 e. The smallest absolute Gasteiger partial charge is 0.240 e. The molecule has 0 bridgehead atoms. The molecule has 2 aromatic heterocycles. The molecule has 3 rings (SSSR count). The third-order valence-corrected chi connectivity index (χ3v) is 4.04. The Labute approximate surface area is 137 Å². The van der Waals surface area contributed by atoms with E-state index in [0.717, 1.165) is 21.1 Å². The summed E-state index contributed by atoms with van der Waals surface area (Å²) in [5.41, 5.74) is 1.04. The number of nitrogens with one attached hydrogen (secondary N) is 1. The Morgan fingerprint density at radius 3 is 3.00 bits per heavy atom. The summed E-state index contributed by atoms with van der Waals surface area (Å²) in [6.45, 7) is 2.28. The van der Waals surface area contributed by atoms with Crippen LogP contribution in [-0.2, 0) is 17.8 Å². The van der Waals surface area contributed by atoms with Crippen LogP contribution in [0.25, 0.3) is 10.9 Å². The average Bonchev–Trinajstić information content (AvgIpc) is 3.09. The normalized spacial score (nSPS) is 12.5. The molecule has 4 nitrogen and oxygen atoms in total. The standard InChI is InChI=1S/C17H17BrN2O2/c1-12(9-15-3-2-8-22-15)19-17(21)11-20-7-6-13-4-5-14(18)10-16(13)20/h2-8,10,12H,9,11H2,1H3,(H,19,21)/t12-/m1/s1. The van der Waals surface area contributed by atoms with Crippen molar-refractivity contribution in [2.75, 3.05) is 0 Å². The SMILES string of the molecule is C[C@H](Cc1ccco1)NC(=O)Cn1ccc2ccc(Br)cc21. The van der Waals surface area contributed by atoms with Crippen molar-refractivity contribution >= 4 is 32.7 Å². The second-order valence-corrected chi connectivity index (χ2v) is 6.31. The maximum absolute atomic E-state index is 12.2. The highest BCUT2D eigenvalue weighted by molar-refractivity contribution is 9.10. The van der Waals surface area contributed by atoms with Crippen molar-refractivity contribution < 1.29 is 9.21 Å². The van der Waals surface area contributed by atoms with Gasteiger partial charge in [-0.25, -0.2) is 0 Å². The second kappa shape index (κ2) is 6.40. The van der Waals surface area contributed by atoms with Crippen LogP contribution in [0, 0.1) is 0 Å². The van der Waals surface area contributed by atoms with Gasteiger partial charge in [-0.15, -0.1) is 0 Å². The lowest BCUT2D eigenvalue weighted by molar-refractivity contribution is -0.122. The van der Waals surface area contributed by atoms with Crippen LogP contribution >= 0.6 is 15.9 Å². The van der Waals surface area contributed by atoms with E-state index in [0.29, 0.717) is 13.0 Å². The van der Waals surface area contributed by atoms with E-state index in [1.165, 1.54) is 0 Å². The minimum Gasteiger partial charge on any atom is -0.469 e. The number of hydrogen-bond donors (Lipinski definition) is 1. The minimum atomic E-state index is -0.00321. The van der Waals surface area contributed by atoms with Gasteiger partial charge >= 0.3 is 0 Å². The van der Waals surface area contributed by atoms with Gasteiger partial charge < -0.3 is 14.3 Å². The van der Waals surface area contributed by atoms with E-state index in [4.69, 9.17) is 4.42 Å². The van der Waals surface area contributed by atoms with E-state index in [9.17, 15) is 4.79 Å². The summed E-state index contributed by atoms with van der Waals surface area (Å²) in [5, 5.41) is 4.13. The van der Waals surface area contributed by atoms with E-state index >= 15 is 0 Å². The molecule has 1 atom stereocenters. The zero-order chi connectivity index (χ0) is 15.5. The van der Waals surface area contributed by atoms with Gasteiger partial charge in [0.15, 0.2) is 0 Å². The van der Waals surface area contributed by atoms with Crippen LogP contribution in [0.3, 0.4) is 0 Å². The van der Waals surface area contributed by atoms with Crippen molar-refractivity contribution in [3.8, 4) is 0 Å². The third kappa shape index (κ3) is 3.42. The number of carbonyl (C=O) groups is 1. The van der Waals surface area contributed by atoms with Gasteiger partial charge in [0.05, 0.1) is 6.26 Å². The Balaban J connectivity index is 1.64. The second-order valence-electron chi connectivity index (χ2n) is 5.40. The highest BCUT2D eigenvalue weighted by Crippen LogP contribution is 2.20. The molecular weight excluding hydrogens is 344 g/mol. The predicted molar refractivity (Wildman–Crippen MR) is 89.7 cm³/mol. The van der Waals surface area contributed by atoms with Gasteiger partial charge in [0.1, 0.15) is 12.3 Å². The van der Waals surface area contributed by atoms with Gasteiger partial charge in [-0.1, -0.05) is 22.0 Å². The van der Waals surface area contributed by atoms with Crippen LogP contribution in [0.1, 0.15) is 12.7 Å². The Hall–Kier alpha value is -2.01. The molecule has 0 fully saturated rings. The molecule has 0 aliphatic heterocycles. The van der Waals surface area contributed by atoms with Crippen LogP contribution in [0.2, 0.25) is 0 Å². The van der Waals surface area contributed by atoms with Gasteiger partial charge in [-0.3, -0.25) is 4.79 Å². The first kappa shape index (κ1) is 14.9. The molecule has 0 unspecified atom stereocenters. The Kier molecular flexibility index (Phi) is 4.34. The molecule has 0 aliphatic carbocycles. The molecule has 1 N–H and O–H groups in total. The summed E-state index contributed by atoms with van der Waals surface area (Å²) >= 11 is 3.47. The van der Waals surface area contributed by atoms with Gasteiger partial charge in [-0.05, 0) is 42.6 Å². The lowest BCUT2D eigenvalue weighted by Gasteiger charge is -2.13. The fourth-order valence-corrected chi connectivity index (χ4v) is 2.90. The lowest BCUT2D eigenvalue weighted by atomic mass is 10.2. The minimum absolute atomic E-state index is 0.00321. The van der Waals surface area contributed by atoms with Crippen LogP contribution < -0.4 is 5.32 Å². The average molecular weight is 361 g/mol. The molecule has 2 heterocycles. The number of aromatic nitrogens is 1. The Morgan fingerprint density at radius 1 is 1.36 bits per heavy atom. The van der Waals surface area contributed by atoms with Crippen LogP contribution in [0.5, 0.6) is 0 Å². The molecule has 1 amide bonds. The van der Waals surface area contributed by atoms with Crippen molar-refractivity contribution in [3.63, 3.8) is 0 Å². The first-order valence-corrected chi connectivity index (χ1v) is 7.97. The van der Waals surface area contributed by atoms with E-state index in [1.54, 1.807) is 6.26 Å². The molecule has 22 heavy (non-hydrogen) atoms. The fourth-order valence-electron chi connectivity index (χ4n) is 2.55. The van der Waals surface area contributed by atoms with E-state index < -0.39 is 0 Å².